The van der Waals surface area contributed by atoms with Gasteiger partial charge in [-0.3, -0.25) is 4.79 Å². The molecule has 1 aromatic heterocycles. The van der Waals surface area contributed by atoms with Crippen molar-refractivity contribution in [1.82, 2.24) is 9.62 Å². The highest BCUT2D eigenvalue weighted by molar-refractivity contribution is 9.10. The van der Waals surface area contributed by atoms with E-state index in [1.807, 2.05) is 17.5 Å². The molecule has 0 radical (unpaired) electrons. The zero-order valence-corrected chi connectivity index (χ0v) is 16.8. The molecule has 0 atom stereocenters. The van der Waals surface area contributed by atoms with Crippen LogP contribution in [0.5, 0.6) is 0 Å². The van der Waals surface area contributed by atoms with Crippen molar-refractivity contribution in [2.24, 2.45) is 0 Å². The molecule has 3 rings (SSSR count). The molecule has 1 amide bonds. The molecular weight excluding hydrogens is 424 g/mol. The van der Waals surface area contributed by atoms with Crippen LogP contribution in [0.2, 0.25) is 0 Å². The number of hydrogen-bond acceptors (Lipinski definition) is 4. The second-order valence-electron chi connectivity index (χ2n) is 5.87. The summed E-state index contributed by atoms with van der Waals surface area (Å²) >= 11 is 4.88. The number of carbonyl (C=O) groups is 1. The molecule has 0 spiro atoms. The molecule has 1 aliphatic heterocycles. The average molecular weight is 443 g/mol. The number of rotatable bonds is 5. The van der Waals surface area contributed by atoms with Gasteiger partial charge in [0.2, 0.25) is 10.0 Å². The van der Waals surface area contributed by atoms with E-state index in [2.05, 4.69) is 21.2 Å². The molecule has 134 valence electrons. The van der Waals surface area contributed by atoms with Gasteiger partial charge >= 0.3 is 0 Å². The number of benzene rings is 1. The van der Waals surface area contributed by atoms with Gasteiger partial charge in [-0.25, -0.2) is 8.42 Å². The third-order valence-electron chi connectivity index (χ3n) is 4.13. The number of nitrogens with one attached hydrogen (secondary N) is 1. The van der Waals surface area contributed by atoms with Crippen LogP contribution in [-0.2, 0) is 16.6 Å². The van der Waals surface area contributed by atoms with Crippen molar-refractivity contribution in [2.75, 3.05) is 13.1 Å². The molecule has 5 nitrogen and oxygen atoms in total. The Kier molecular flexibility index (Phi) is 5.93. The lowest BCUT2D eigenvalue weighted by molar-refractivity contribution is 0.0951. The number of nitrogens with zero attached hydrogens (tertiary/aromatic N) is 1. The summed E-state index contributed by atoms with van der Waals surface area (Å²) in [4.78, 5) is 13.6. The predicted octanol–water partition coefficient (Wildman–Crippen LogP) is 3.62. The summed E-state index contributed by atoms with van der Waals surface area (Å²) in [7, 11) is -3.60. The first-order valence-corrected chi connectivity index (χ1v) is 11.2. The van der Waals surface area contributed by atoms with Crippen molar-refractivity contribution in [3.05, 3.63) is 50.6 Å². The van der Waals surface area contributed by atoms with E-state index in [9.17, 15) is 13.2 Å². The largest absolute Gasteiger partial charge is 0.347 e. The summed E-state index contributed by atoms with van der Waals surface area (Å²) in [6.07, 6.45) is 2.80. The Morgan fingerprint density at radius 2 is 1.96 bits per heavy atom. The van der Waals surface area contributed by atoms with Crippen molar-refractivity contribution in [3.8, 4) is 0 Å². The molecule has 1 saturated heterocycles. The van der Waals surface area contributed by atoms with Gasteiger partial charge in [-0.05, 0) is 58.4 Å². The van der Waals surface area contributed by atoms with Gasteiger partial charge in [0.15, 0.2) is 0 Å². The van der Waals surface area contributed by atoms with Crippen LogP contribution in [0.25, 0.3) is 0 Å². The second-order valence-corrected chi connectivity index (χ2v) is 9.66. The number of piperidine rings is 1. The van der Waals surface area contributed by atoms with Gasteiger partial charge in [-0.1, -0.05) is 12.5 Å². The monoisotopic (exact) mass is 442 g/mol. The van der Waals surface area contributed by atoms with Crippen LogP contribution in [0.3, 0.4) is 0 Å². The molecule has 1 aromatic carbocycles. The van der Waals surface area contributed by atoms with Gasteiger partial charge in [0.05, 0.1) is 11.4 Å². The van der Waals surface area contributed by atoms with Crippen LogP contribution >= 0.6 is 27.3 Å². The summed E-state index contributed by atoms with van der Waals surface area (Å²) in [5.41, 5.74) is 0.343. The lowest BCUT2D eigenvalue weighted by atomic mass is 10.2. The molecule has 2 heterocycles. The third-order valence-corrected chi connectivity index (χ3v) is 7.90. The standard InChI is InChI=1S/C17H19BrN2O3S2/c18-15-7-6-13(17(21)19-12-14-5-4-10-24-14)11-16(15)25(22,23)20-8-2-1-3-9-20/h4-7,10-11H,1-3,8-9,12H2,(H,19,21). The minimum atomic E-state index is -3.60. The smallest absolute Gasteiger partial charge is 0.251 e. The Morgan fingerprint density at radius 1 is 1.20 bits per heavy atom. The lowest BCUT2D eigenvalue weighted by Gasteiger charge is -2.26. The van der Waals surface area contributed by atoms with E-state index in [0.717, 1.165) is 24.1 Å². The highest BCUT2D eigenvalue weighted by Crippen LogP contribution is 2.28. The average Bonchev–Trinajstić information content (AvgIpc) is 3.14. The van der Waals surface area contributed by atoms with Gasteiger partial charge < -0.3 is 5.32 Å². The van der Waals surface area contributed by atoms with Gasteiger partial charge in [-0.2, -0.15) is 4.31 Å². The molecule has 8 heteroatoms. The number of carbonyl (C=O) groups excluding carboxylic acids is 1. The fraction of sp³-hybridized carbons (Fsp3) is 0.353. The van der Waals surface area contributed by atoms with Crippen molar-refractivity contribution in [1.29, 1.82) is 0 Å². The van der Waals surface area contributed by atoms with Gasteiger partial charge in [0.1, 0.15) is 0 Å². The first-order valence-electron chi connectivity index (χ1n) is 8.09. The van der Waals surface area contributed by atoms with E-state index in [4.69, 9.17) is 0 Å². The fourth-order valence-corrected chi connectivity index (χ4v) is 5.88. The van der Waals surface area contributed by atoms with Gasteiger partial charge in [0.25, 0.3) is 5.91 Å². The van der Waals surface area contributed by atoms with Crippen LogP contribution in [0, 0.1) is 0 Å². The first kappa shape index (κ1) is 18.6. The molecule has 1 fully saturated rings. The van der Waals surface area contributed by atoms with Crippen LogP contribution < -0.4 is 5.32 Å². The lowest BCUT2D eigenvalue weighted by Crippen LogP contribution is -2.36. The maximum absolute atomic E-state index is 12.9. The van der Waals surface area contributed by atoms with Gasteiger partial charge in [-0.15, -0.1) is 11.3 Å². The van der Waals surface area contributed by atoms with E-state index >= 15 is 0 Å². The Balaban J connectivity index is 1.81. The van der Waals surface area contributed by atoms with E-state index < -0.39 is 10.0 Å². The van der Waals surface area contributed by atoms with E-state index in [1.165, 1.54) is 10.4 Å². The number of amides is 1. The van der Waals surface area contributed by atoms with Gasteiger partial charge in [0, 0.05) is 28.0 Å². The Hall–Kier alpha value is -1.22. The molecular formula is C17H19BrN2O3S2. The Morgan fingerprint density at radius 3 is 2.64 bits per heavy atom. The highest BCUT2D eigenvalue weighted by Gasteiger charge is 2.28. The maximum Gasteiger partial charge on any atom is 0.251 e. The van der Waals surface area contributed by atoms with Crippen molar-refractivity contribution >= 4 is 43.2 Å². The molecule has 0 unspecified atom stereocenters. The molecule has 1 N–H and O–H groups in total. The summed E-state index contributed by atoms with van der Waals surface area (Å²) in [5.74, 6) is -0.281. The summed E-state index contributed by atoms with van der Waals surface area (Å²) in [5, 5.41) is 4.78. The molecule has 0 saturated carbocycles. The molecule has 25 heavy (non-hydrogen) atoms. The van der Waals surface area contributed by atoms with Crippen molar-refractivity contribution < 1.29 is 13.2 Å². The van der Waals surface area contributed by atoms with Crippen LogP contribution in [0.1, 0.15) is 34.5 Å². The molecule has 2 aromatic rings. The first-order chi connectivity index (χ1) is 12.0. The fourth-order valence-electron chi connectivity index (χ4n) is 2.77. The topological polar surface area (TPSA) is 66.5 Å². The van der Waals surface area contributed by atoms with Crippen molar-refractivity contribution in [2.45, 2.75) is 30.7 Å². The van der Waals surface area contributed by atoms with Crippen LogP contribution in [0.15, 0.2) is 45.1 Å². The zero-order chi connectivity index (χ0) is 17.9. The number of thiophene rings is 1. The quantitative estimate of drug-likeness (QED) is 0.768. The SMILES string of the molecule is O=C(NCc1cccs1)c1ccc(Br)c(S(=O)(=O)N2CCCCC2)c1. The normalized spacial score (nSPS) is 15.9. The molecule has 1 aliphatic rings. The summed E-state index contributed by atoms with van der Waals surface area (Å²) in [6, 6.07) is 8.57. The van der Waals surface area contributed by atoms with E-state index in [1.54, 1.807) is 23.5 Å². The maximum atomic E-state index is 12.9. The Bertz CT molecular complexity index is 845. The second kappa shape index (κ2) is 7.99. The molecule has 0 bridgehead atoms. The molecule has 0 aliphatic carbocycles. The number of sulfonamides is 1. The minimum Gasteiger partial charge on any atom is -0.347 e. The number of hydrogen-bond donors (Lipinski definition) is 1. The highest BCUT2D eigenvalue weighted by atomic mass is 79.9. The predicted molar refractivity (Wildman–Crippen MR) is 102 cm³/mol. The van der Waals surface area contributed by atoms with E-state index in [-0.39, 0.29) is 10.8 Å². The van der Waals surface area contributed by atoms with Crippen LogP contribution in [-0.4, -0.2) is 31.7 Å². The van der Waals surface area contributed by atoms with E-state index in [0.29, 0.717) is 29.7 Å². The Labute approximate surface area is 160 Å². The summed E-state index contributed by atoms with van der Waals surface area (Å²) in [6.45, 7) is 1.49. The summed E-state index contributed by atoms with van der Waals surface area (Å²) < 4.78 is 27.8. The number of halogens is 1. The minimum absolute atomic E-state index is 0.151. The third kappa shape index (κ3) is 4.31. The zero-order valence-electron chi connectivity index (χ0n) is 13.6. The van der Waals surface area contributed by atoms with Crippen molar-refractivity contribution in [3.63, 3.8) is 0 Å². The van der Waals surface area contributed by atoms with Crippen LogP contribution in [0.4, 0.5) is 0 Å².